The fourth-order valence-corrected chi connectivity index (χ4v) is 3.21. The number of amides is 1. The Kier molecular flexibility index (Phi) is 6.75. The van der Waals surface area contributed by atoms with Crippen LogP contribution >= 0.6 is 0 Å². The average Bonchev–Trinajstić information content (AvgIpc) is 2.65. The molecule has 0 aliphatic carbocycles. The van der Waals surface area contributed by atoms with Gasteiger partial charge >= 0.3 is 6.18 Å². The van der Waals surface area contributed by atoms with Crippen molar-refractivity contribution >= 4 is 11.6 Å². The van der Waals surface area contributed by atoms with Crippen LogP contribution in [-0.4, -0.2) is 13.0 Å². The maximum absolute atomic E-state index is 13.6. The van der Waals surface area contributed by atoms with Gasteiger partial charge in [0.1, 0.15) is 12.4 Å². The third-order valence-electron chi connectivity index (χ3n) is 4.88. The summed E-state index contributed by atoms with van der Waals surface area (Å²) < 4.78 is 46.6. The van der Waals surface area contributed by atoms with E-state index in [-0.39, 0.29) is 30.2 Å². The molecule has 0 aliphatic rings. The van der Waals surface area contributed by atoms with Crippen LogP contribution < -0.4 is 9.64 Å². The summed E-state index contributed by atoms with van der Waals surface area (Å²) in [5.41, 5.74) is 2.45. The molecule has 0 spiro atoms. The van der Waals surface area contributed by atoms with Gasteiger partial charge in [0.15, 0.2) is 0 Å². The Hall–Kier alpha value is -2.50. The molecule has 0 fully saturated rings. The number of hydrogen-bond donors (Lipinski definition) is 0. The third-order valence-corrected chi connectivity index (χ3v) is 4.88. The number of hydrogen-bond acceptors (Lipinski definition) is 2. The second-order valence-corrected chi connectivity index (χ2v) is 6.79. The highest BCUT2D eigenvalue weighted by Gasteiger charge is 2.35. The van der Waals surface area contributed by atoms with Crippen LogP contribution in [0.2, 0.25) is 0 Å². The van der Waals surface area contributed by atoms with Gasteiger partial charge in [-0.2, -0.15) is 13.2 Å². The van der Waals surface area contributed by atoms with Crippen molar-refractivity contribution in [2.24, 2.45) is 0 Å². The van der Waals surface area contributed by atoms with E-state index in [1.54, 1.807) is 6.92 Å². The molecule has 152 valence electrons. The van der Waals surface area contributed by atoms with E-state index in [2.05, 4.69) is 6.92 Å². The quantitative estimate of drug-likeness (QED) is 0.617. The van der Waals surface area contributed by atoms with E-state index in [1.807, 2.05) is 26.0 Å². The predicted octanol–water partition coefficient (Wildman–Crippen LogP) is 5.84. The molecule has 0 saturated heterocycles. The molecule has 2 rings (SSSR count). The fraction of sp³-hybridized carbons (Fsp3) is 0.409. The summed E-state index contributed by atoms with van der Waals surface area (Å²) >= 11 is 0. The highest BCUT2D eigenvalue weighted by Crippen LogP contribution is 2.37. The van der Waals surface area contributed by atoms with Crippen LogP contribution in [-0.2, 0) is 24.0 Å². The number of carbonyl (C=O) groups excluding carboxylic acids is 1. The molecule has 28 heavy (non-hydrogen) atoms. The number of ether oxygens (including phenoxy) is 1. The van der Waals surface area contributed by atoms with Gasteiger partial charge in [0.25, 0.3) is 0 Å². The SMILES string of the molecule is CCC(=O)N(C)c1cccc(C(F)(F)F)c1COc1cc(C)c(CC)cc1C. The Morgan fingerprint density at radius 3 is 2.36 bits per heavy atom. The monoisotopic (exact) mass is 393 g/mol. The van der Waals surface area contributed by atoms with Gasteiger partial charge in [0.2, 0.25) is 5.91 Å². The zero-order valence-electron chi connectivity index (χ0n) is 16.9. The number of benzene rings is 2. The van der Waals surface area contributed by atoms with Gasteiger partial charge in [-0.3, -0.25) is 4.79 Å². The lowest BCUT2D eigenvalue weighted by Crippen LogP contribution is -2.27. The van der Waals surface area contributed by atoms with Gasteiger partial charge in [-0.05, 0) is 55.2 Å². The minimum atomic E-state index is -4.54. The molecule has 3 nitrogen and oxygen atoms in total. The average molecular weight is 393 g/mol. The highest BCUT2D eigenvalue weighted by atomic mass is 19.4. The van der Waals surface area contributed by atoms with Crippen LogP contribution in [0.25, 0.3) is 0 Å². The Balaban J connectivity index is 2.46. The molecular weight excluding hydrogens is 367 g/mol. The molecule has 2 aromatic rings. The van der Waals surface area contributed by atoms with Gasteiger partial charge in [-0.15, -0.1) is 0 Å². The third kappa shape index (κ3) is 4.66. The molecule has 0 unspecified atom stereocenters. The first-order valence-corrected chi connectivity index (χ1v) is 9.28. The second-order valence-electron chi connectivity index (χ2n) is 6.79. The van der Waals surface area contributed by atoms with Crippen molar-refractivity contribution in [1.82, 2.24) is 0 Å². The number of alkyl halides is 3. The van der Waals surface area contributed by atoms with E-state index in [4.69, 9.17) is 4.74 Å². The summed E-state index contributed by atoms with van der Waals surface area (Å²) in [7, 11) is 1.48. The Labute approximate surface area is 164 Å². The van der Waals surface area contributed by atoms with E-state index in [9.17, 15) is 18.0 Å². The Morgan fingerprint density at radius 1 is 1.11 bits per heavy atom. The summed E-state index contributed by atoms with van der Waals surface area (Å²) in [6, 6.07) is 7.69. The molecule has 0 heterocycles. The number of carbonyl (C=O) groups is 1. The van der Waals surface area contributed by atoms with Crippen molar-refractivity contribution in [3.05, 3.63) is 58.1 Å². The van der Waals surface area contributed by atoms with Gasteiger partial charge < -0.3 is 9.64 Å². The van der Waals surface area contributed by atoms with Crippen molar-refractivity contribution in [1.29, 1.82) is 0 Å². The van der Waals surface area contributed by atoms with Gasteiger partial charge in [-0.1, -0.05) is 26.0 Å². The highest BCUT2D eigenvalue weighted by molar-refractivity contribution is 5.93. The minimum Gasteiger partial charge on any atom is -0.489 e. The fourth-order valence-electron chi connectivity index (χ4n) is 3.21. The summed E-state index contributed by atoms with van der Waals surface area (Å²) in [6.45, 7) is 7.27. The molecule has 0 bridgehead atoms. The van der Waals surface area contributed by atoms with E-state index in [0.29, 0.717) is 5.75 Å². The van der Waals surface area contributed by atoms with Crippen molar-refractivity contribution in [3.63, 3.8) is 0 Å². The van der Waals surface area contributed by atoms with Crippen LogP contribution in [0, 0.1) is 13.8 Å². The first-order valence-electron chi connectivity index (χ1n) is 9.28. The van der Waals surface area contributed by atoms with Crippen LogP contribution in [0.5, 0.6) is 5.75 Å². The maximum Gasteiger partial charge on any atom is 0.416 e. The molecule has 1 amide bonds. The van der Waals surface area contributed by atoms with E-state index in [1.165, 1.54) is 29.6 Å². The van der Waals surface area contributed by atoms with Crippen LogP contribution in [0.3, 0.4) is 0 Å². The van der Waals surface area contributed by atoms with Gasteiger partial charge in [0.05, 0.1) is 11.3 Å². The number of rotatable bonds is 6. The standard InChI is InChI=1S/C22H26F3NO2/c1-6-16-11-15(4)20(12-14(16)3)28-13-17-18(22(23,24)25)9-8-10-19(17)26(5)21(27)7-2/h8-12H,6-7,13H2,1-5H3. The Morgan fingerprint density at radius 2 is 1.79 bits per heavy atom. The summed E-state index contributed by atoms with van der Waals surface area (Å²) in [5.74, 6) is 0.280. The van der Waals surface area contributed by atoms with Crippen molar-refractivity contribution in [2.45, 2.75) is 53.3 Å². The zero-order valence-corrected chi connectivity index (χ0v) is 16.9. The molecule has 0 N–H and O–H groups in total. The number of anilines is 1. The number of aryl methyl sites for hydroxylation is 3. The molecule has 0 aromatic heterocycles. The van der Waals surface area contributed by atoms with E-state index in [0.717, 1.165) is 23.6 Å². The minimum absolute atomic E-state index is 0.0454. The summed E-state index contributed by atoms with van der Waals surface area (Å²) in [5, 5.41) is 0. The van der Waals surface area contributed by atoms with E-state index >= 15 is 0 Å². The summed E-state index contributed by atoms with van der Waals surface area (Å²) in [4.78, 5) is 13.3. The smallest absolute Gasteiger partial charge is 0.416 e. The lowest BCUT2D eigenvalue weighted by atomic mass is 10.0. The molecule has 0 aliphatic heterocycles. The summed E-state index contributed by atoms with van der Waals surface area (Å²) in [6.07, 6.45) is -3.47. The maximum atomic E-state index is 13.6. The van der Waals surface area contributed by atoms with Crippen LogP contribution in [0.1, 0.15) is 48.1 Å². The lowest BCUT2D eigenvalue weighted by Gasteiger charge is -2.24. The zero-order chi connectivity index (χ0) is 21.1. The predicted molar refractivity (Wildman–Crippen MR) is 105 cm³/mol. The first-order chi connectivity index (χ1) is 13.1. The van der Waals surface area contributed by atoms with Crippen molar-refractivity contribution in [3.8, 4) is 5.75 Å². The molecule has 0 radical (unpaired) electrons. The van der Waals surface area contributed by atoms with Crippen LogP contribution in [0.4, 0.5) is 18.9 Å². The van der Waals surface area contributed by atoms with Gasteiger partial charge in [0, 0.05) is 19.0 Å². The number of halogens is 3. The molecule has 2 aromatic carbocycles. The molecule has 0 saturated carbocycles. The van der Waals surface area contributed by atoms with Crippen LogP contribution in [0.15, 0.2) is 30.3 Å². The van der Waals surface area contributed by atoms with Crippen molar-refractivity contribution in [2.75, 3.05) is 11.9 Å². The van der Waals surface area contributed by atoms with E-state index < -0.39 is 11.7 Å². The molecule has 6 heteroatoms. The molecular formula is C22H26F3NO2. The molecule has 0 atom stereocenters. The topological polar surface area (TPSA) is 29.5 Å². The largest absolute Gasteiger partial charge is 0.489 e. The first kappa shape index (κ1) is 21.8. The van der Waals surface area contributed by atoms with Crippen molar-refractivity contribution < 1.29 is 22.7 Å². The van der Waals surface area contributed by atoms with Gasteiger partial charge in [-0.25, -0.2) is 0 Å². The normalized spacial score (nSPS) is 11.4. The lowest BCUT2D eigenvalue weighted by molar-refractivity contribution is -0.138. The Bertz CT molecular complexity index is 860. The second kappa shape index (κ2) is 8.67. The number of nitrogens with zero attached hydrogens (tertiary/aromatic N) is 1.